The molecule has 1 rings (SSSR count). The molecule has 2 unspecified atom stereocenters. The van der Waals surface area contributed by atoms with Gasteiger partial charge in [-0.15, -0.1) is 0 Å². The van der Waals surface area contributed by atoms with Crippen molar-refractivity contribution in [2.24, 2.45) is 0 Å². The summed E-state index contributed by atoms with van der Waals surface area (Å²) in [5.41, 5.74) is 0. The molecule has 2 atom stereocenters. The quantitative estimate of drug-likeness (QED) is 0.0487. The van der Waals surface area contributed by atoms with Crippen molar-refractivity contribution in [1.82, 2.24) is 0 Å². The average molecular weight is 679 g/mol. The van der Waals surface area contributed by atoms with Gasteiger partial charge in [0, 0.05) is 19.1 Å². The Morgan fingerprint density at radius 3 is 1.78 bits per heavy atom. The van der Waals surface area contributed by atoms with Gasteiger partial charge in [-0.3, -0.25) is 0 Å². The molecule has 1 fully saturated rings. The fourth-order valence-corrected chi connectivity index (χ4v) is 8.51. The monoisotopic (exact) mass is 679 g/mol. The van der Waals surface area contributed by atoms with Crippen LogP contribution in [0.3, 0.4) is 0 Å². The van der Waals surface area contributed by atoms with E-state index < -0.39 is 8.80 Å². The van der Waals surface area contributed by atoms with Gasteiger partial charge in [-0.1, -0.05) is 96.8 Å². The predicted molar refractivity (Wildman–Crippen MR) is 189 cm³/mol. The van der Waals surface area contributed by atoms with Gasteiger partial charge in [-0.2, -0.15) is 0 Å². The van der Waals surface area contributed by atoms with Crippen LogP contribution in [0.4, 0.5) is 0 Å². The molecule has 0 aliphatic carbocycles. The van der Waals surface area contributed by atoms with Crippen molar-refractivity contribution < 1.29 is 41.8 Å². The van der Waals surface area contributed by atoms with Gasteiger partial charge in [0.15, 0.2) is 0 Å². The maximum Gasteiger partial charge on any atom is 0.501 e. The van der Waals surface area contributed by atoms with Crippen LogP contribution in [0, 0.1) is 0 Å². The third kappa shape index (κ3) is 25.8. The Kier molecular flexibility index (Phi) is 29.5. The molecule has 0 radical (unpaired) electrons. The lowest BCUT2D eigenvalue weighted by Crippen LogP contribution is -2.49. The predicted octanol–water partition coefficient (Wildman–Crippen LogP) is 7.16. The van der Waals surface area contributed by atoms with Gasteiger partial charge in [-0.05, 0) is 19.8 Å². The van der Waals surface area contributed by atoms with Crippen LogP contribution in [0.25, 0.3) is 0 Å². The molecule has 1 aliphatic rings. The van der Waals surface area contributed by atoms with E-state index in [0.29, 0.717) is 66.1 Å². The molecule has 0 aromatic carbocycles. The molecule has 1 saturated heterocycles. The summed E-state index contributed by atoms with van der Waals surface area (Å²) < 4.78 is 42.7. The van der Waals surface area contributed by atoms with E-state index in [1.165, 1.54) is 109 Å². The minimum absolute atomic E-state index is 0.0185. The average Bonchev–Trinajstić information content (AvgIpc) is 3.08. The van der Waals surface area contributed by atoms with Crippen LogP contribution in [0.1, 0.15) is 123 Å². The number of aliphatic hydroxyl groups excluding tert-OH is 1. The molecule has 0 aromatic heterocycles. The summed E-state index contributed by atoms with van der Waals surface area (Å²) in [5.74, 6) is 0. The Balaban J connectivity index is 2.19. The molecule has 10 heteroatoms. The summed E-state index contributed by atoms with van der Waals surface area (Å²) in [6.07, 6.45) is 23.4. The standard InChI is InChI=1S/C36H76NO8Si/c1-5-7-8-9-10-11-12-13-14-15-16-17-18-19-20-21-23-37(3,4)24-22-33-46(43-6-2)44-31-29-41-35-36(42-30-32-45-46)34-40-28-27-39-26-25-38/h36,38H,5-35H2,1-4H3/q+1. The second-order valence-corrected chi connectivity index (χ2v) is 16.3. The lowest BCUT2D eigenvalue weighted by Gasteiger charge is -2.33. The lowest BCUT2D eigenvalue weighted by atomic mass is 10.0. The van der Waals surface area contributed by atoms with E-state index in [-0.39, 0.29) is 12.7 Å². The Morgan fingerprint density at radius 1 is 0.652 bits per heavy atom. The van der Waals surface area contributed by atoms with E-state index >= 15 is 0 Å². The van der Waals surface area contributed by atoms with Gasteiger partial charge in [0.2, 0.25) is 0 Å². The molecular weight excluding hydrogens is 602 g/mol. The van der Waals surface area contributed by atoms with E-state index in [1.807, 2.05) is 6.92 Å². The second-order valence-electron chi connectivity index (χ2n) is 13.6. The van der Waals surface area contributed by atoms with Crippen molar-refractivity contribution in [2.45, 2.75) is 135 Å². The first-order valence-corrected chi connectivity index (χ1v) is 21.1. The highest BCUT2D eigenvalue weighted by Gasteiger charge is 2.41. The third-order valence-electron chi connectivity index (χ3n) is 8.75. The van der Waals surface area contributed by atoms with E-state index in [2.05, 4.69) is 21.0 Å². The first-order chi connectivity index (χ1) is 22.5. The Morgan fingerprint density at radius 2 is 1.20 bits per heavy atom. The topological polar surface area (TPSA) is 84.8 Å². The number of ether oxygens (including phenoxy) is 4. The molecule has 0 aromatic rings. The van der Waals surface area contributed by atoms with E-state index in [9.17, 15) is 0 Å². The van der Waals surface area contributed by atoms with Crippen LogP contribution in [0.5, 0.6) is 0 Å². The van der Waals surface area contributed by atoms with E-state index in [4.69, 9.17) is 37.3 Å². The summed E-state index contributed by atoms with van der Waals surface area (Å²) in [5, 5.41) is 8.79. The lowest BCUT2D eigenvalue weighted by molar-refractivity contribution is -0.890. The zero-order valence-electron chi connectivity index (χ0n) is 30.7. The number of hydrogen-bond donors (Lipinski definition) is 1. The van der Waals surface area contributed by atoms with E-state index in [0.717, 1.165) is 23.5 Å². The third-order valence-corrected chi connectivity index (χ3v) is 11.7. The van der Waals surface area contributed by atoms with E-state index in [1.54, 1.807) is 0 Å². The normalized spacial score (nSPS) is 20.2. The number of unbranched alkanes of at least 4 members (excludes halogenated alkanes) is 15. The first kappa shape index (κ1) is 43.9. The summed E-state index contributed by atoms with van der Waals surface area (Å²) in [7, 11) is 1.88. The van der Waals surface area contributed by atoms with Crippen LogP contribution in [-0.4, -0.2) is 124 Å². The highest BCUT2D eigenvalue weighted by molar-refractivity contribution is 6.60. The van der Waals surface area contributed by atoms with Gasteiger partial charge in [0.25, 0.3) is 0 Å². The SMILES string of the molecule is CCCCCCCCCCCCCCCCCC[N+](C)(C)CCC[Si]1(OCC)OCCOCC(COCCOCCO)OCCO1. The van der Waals surface area contributed by atoms with Crippen molar-refractivity contribution in [1.29, 1.82) is 0 Å². The zero-order chi connectivity index (χ0) is 33.4. The van der Waals surface area contributed by atoms with Crippen LogP contribution in [0.2, 0.25) is 6.04 Å². The number of quaternary nitrogens is 1. The highest BCUT2D eigenvalue weighted by Crippen LogP contribution is 2.21. The summed E-state index contributed by atoms with van der Waals surface area (Å²) >= 11 is 0. The minimum atomic E-state index is -2.82. The molecular formula is C36H76NO8Si+. The maximum absolute atomic E-state index is 8.79. The number of rotatable bonds is 30. The summed E-state index contributed by atoms with van der Waals surface area (Å²) in [4.78, 5) is 0. The smallest absolute Gasteiger partial charge is 0.394 e. The molecule has 0 spiro atoms. The Hall–Kier alpha value is -0.143. The van der Waals surface area contributed by atoms with Crippen LogP contribution in [-0.2, 0) is 32.2 Å². The number of nitrogens with zero attached hydrogens (tertiary/aromatic N) is 1. The Bertz CT molecular complexity index is 647. The van der Waals surface area contributed by atoms with Crippen LogP contribution < -0.4 is 0 Å². The van der Waals surface area contributed by atoms with Gasteiger partial charge >= 0.3 is 8.80 Å². The largest absolute Gasteiger partial charge is 0.501 e. The van der Waals surface area contributed by atoms with Gasteiger partial charge in [0.1, 0.15) is 6.10 Å². The molecule has 0 amide bonds. The van der Waals surface area contributed by atoms with Gasteiger partial charge in [0.05, 0.1) is 93.3 Å². The molecule has 276 valence electrons. The number of aliphatic hydroxyl groups is 1. The molecule has 0 bridgehead atoms. The van der Waals surface area contributed by atoms with Crippen molar-refractivity contribution in [2.75, 3.05) is 99.9 Å². The molecule has 9 nitrogen and oxygen atoms in total. The number of hydrogen-bond acceptors (Lipinski definition) is 8. The highest BCUT2D eigenvalue weighted by atomic mass is 28.4. The fraction of sp³-hybridized carbons (Fsp3) is 1.00. The molecule has 1 N–H and O–H groups in total. The summed E-state index contributed by atoms with van der Waals surface area (Å²) in [6.45, 7) is 11.0. The fourth-order valence-electron chi connectivity index (χ4n) is 6.01. The molecule has 46 heavy (non-hydrogen) atoms. The zero-order valence-corrected chi connectivity index (χ0v) is 31.7. The van der Waals surface area contributed by atoms with Crippen LogP contribution >= 0.6 is 0 Å². The summed E-state index contributed by atoms with van der Waals surface area (Å²) in [6, 6.07) is 0.807. The van der Waals surface area contributed by atoms with Gasteiger partial charge < -0.3 is 41.8 Å². The van der Waals surface area contributed by atoms with Gasteiger partial charge in [-0.25, -0.2) is 0 Å². The minimum Gasteiger partial charge on any atom is -0.394 e. The molecule has 1 aliphatic heterocycles. The van der Waals surface area contributed by atoms with Crippen molar-refractivity contribution in [3.8, 4) is 0 Å². The Labute approximate surface area is 285 Å². The maximum atomic E-state index is 8.79. The molecule has 1 heterocycles. The van der Waals surface area contributed by atoms with Crippen LogP contribution in [0.15, 0.2) is 0 Å². The molecule has 0 saturated carbocycles. The van der Waals surface area contributed by atoms with Crippen molar-refractivity contribution in [3.05, 3.63) is 0 Å². The first-order valence-electron chi connectivity index (χ1n) is 19.2. The van der Waals surface area contributed by atoms with Crippen molar-refractivity contribution >= 4 is 8.80 Å². The van der Waals surface area contributed by atoms with Crippen molar-refractivity contribution in [3.63, 3.8) is 0 Å². The second kappa shape index (κ2) is 30.9.